The summed E-state index contributed by atoms with van der Waals surface area (Å²) in [5, 5.41) is 13.4. The van der Waals surface area contributed by atoms with Crippen molar-refractivity contribution in [1.82, 2.24) is 0 Å². The number of anilines is 1. The predicted octanol–water partition coefficient (Wildman–Crippen LogP) is 4.40. The van der Waals surface area contributed by atoms with Crippen LogP contribution in [0.25, 0.3) is 0 Å². The minimum Gasteiger partial charge on any atom is -0.484 e. The van der Waals surface area contributed by atoms with Crippen LogP contribution in [0.4, 0.5) is 11.4 Å². The standard InChI is InChI=1S/C20H16N2O5/c23-20(14-26-17-4-2-1-3-5-17)21-15-6-10-18(11-7-15)27-19-12-8-16(9-13-19)22(24)25/h1-13H,14H2,(H,21,23). The Balaban J connectivity index is 1.52. The number of non-ortho nitro benzene ring substituents is 1. The summed E-state index contributed by atoms with van der Waals surface area (Å²) < 4.78 is 11.0. The number of hydrogen-bond donors (Lipinski definition) is 1. The van der Waals surface area contributed by atoms with Crippen LogP contribution in [0.5, 0.6) is 17.2 Å². The molecule has 0 saturated carbocycles. The summed E-state index contributed by atoms with van der Waals surface area (Å²) in [5.74, 6) is 1.37. The first-order valence-corrected chi connectivity index (χ1v) is 8.10. The van der Waals surface area contributed by atoms with E-state index in [-0.39, 0.29) is 18.2 Å². The van der Waals surface area contributed by atoms with Gasteiger partial charge in [0.05, 0.1) is 4.92 Å². The highest BCUT2D eigenvalue weighted by atomic mass is 16.6. The molecule has 27 heavy (non-hydrogen) atoms. The lowest BCUT2D eigenvalue weighted by atomic mass is 10.3. The molecule has 0 aromatic heterocycles. The predicted molar refractivity (Wildman–Crippen MR) is 100 cm³/mol. The zero-order valence-electron chi connectivity index (χ0n) is 14.2. The number of benzene rings is 3. The normalized spacial score (nSPS) is 10.1. The summed E-state index contributed by atoms with van der Waals surface area (Å²) in [7, 11) is 0. The van der Waals surface area contributed by atoms with E-state index in [9.17, 15) is 14.9 Å². The fourth-order valence-electron chi connectivity index (χ4n) is 2.24. The van der Waals surface area contributed by atoms with Crippen LogP contribution in [0.3, 0.4) is 0 Å². The van der Waals surface area contributed by atoms with E-state index in [1.54, 1.807) is 36.4 Å². The van der Waals surface area contributed by atoms with Gasteiger partial charge in [-0.3, -0.25) is 14.9 Å². The molecule has 0 aliphatic carbocycles. The van der Waals surface area contributed by atoms with Crippen molar-refractivity contribution >= 4 is 17.3 Å². The Labute approximate surface area is 155 Å². The molecule has 0 unspecified atom stereocenters. The number of nitrogens with zero attached hydrogens (tertiary/aromatic N) is 1. The maximum Gasteiger partial charge on any atom is 0.269 e. The van der Waals surface area contributed by atoms with Crippen LogP contribution < -0.4 is 14.8 Å². The average Bonchev–Trinajstić information content (AvgIpc) is 2.69. The minimum absolute atomic E-state index is 0.00173. The highest BCUT2D eigenvalue weighted by Crippen LogP contribution is 2.25. The fourth-order valence-corrected chi connectivity index (χ4v) is 2.24. The van der Waals surface area contributed by atoms with Gasteiger partial charge in [0.2, 0.25) is 0 Å². The van der Waals surface area contributed by atoms with Crippen LogP contribution in [0.1, 0.15) is 0 Å². The second-order valence-electron chi connectivity index (χ2n) is 5.53. The van der Waals surface area contributed by atoms with E-state index in [4.69, 9.17) is 9.47 Å². The number of hydrogen-bond acceptors (Lipinski definition) is 5. The minimum atomic E-state index is -0.469. The molecule has 0 aliphatic heterocycles. The Kier molecular flexibility index (Phi) is 5.64. The van der Waals surface area contributed by atoms with Gasteiger partial charge in [0.1, 0.15) is 17.2 Å². The molecule has 3 rings (SSSR count). The number of carbonyl (C=O) groups is 1. The molecule has 0 radical (unpaired) electrons. The molecule has 136 valence electrons. The van der Waals surface area contributed by atoms with Gasteiger partial charge in [-0.2, -0.15) is 0 Å². The van der Waals surface area contributed by atoms with Crippen molar-refractivity contribution in [2.45, 2.75) is 0 Å². The zero-order valence-corrected chi connectivity index (χ0v) is 14.2. The van der Waals surface area contributed by atoms with Crippen LogP contribution in [-0.2, 0) is 4.79 Å². The number of rotatable bonds is 7. The Morgan fingerprint density at radius 3 is 2.04 bits per heavy atom. The molecule has 1 N–H and O–H groups in total. The molecular formula is C20H16N2O5. The van der Waals surface area contributed by atoms with Gasteiger partial charge in [0, 0.05) is 17.8 Å². The molecule has 1 amide bonds. The summed E-state index contributed by atoms with van der Waals surface area (Å²) in [6.07, 6.45) is 0. The van der Waals surface area contributed by atoms with E-state index in [0.717, 1.165) is 0 Å². The van der Waals surface area contributed by atoms with E-state index in [1.165, 1.54) is 24.3 Å². The Hall–Kier alpha value is -3.87. The van der Waals surface area contributed by atoms with Crippen molar-refractivity contribution in [2.24, 2.45) is 0 Å². The van der Waals surface area contributed by atoms with Crippen molar-refractivity contribution in [2.75, 3.05) is 11.9 Å². The van der Waals surface area contributed by atoms with E-state index in [1.807, 2.05) is 18.2 Å². The van der Waals surface area contributed by atoms with Gasteiger partial charge in [0.25, 0.3) is 11.6 Å². The van der Waals surface area contributed by atoms with Gasteiger partial charge in [-0.25, -0.2) is 0 Å². The summed E-state index contributed by atoms with van der Waals surface area (Å²) in [4.78, 5) is 22.1. The lowest BCUT2D eigenvalue weighted by molar-refractivity contribution is -0.384. The zero-order chi connectivity index (χ0) is 19.1. The largest absolute Gasteiger partial charge is 0.484 e. The summed E-state index contributed by atoms with van der Waals surface area (Å²) in [6, 6.07) is 21.6. The molecule has 3 aromatic rings. The number of ether oxygens (including phenoxy) is 2. The van der Waals surface area contributed by atoms with Gasteiger partial charge >= 0.3 is 0 Å². The SMILES string of the molecule is O=C(COc1ccccc1)Nc1ccc(Oc2ccc([N+](=O)[O-])cc2)cc1. The van der Waals surface area contributed by atoms with Crippen molar-refractivity contribution in [3.63, 3.8) is 0 Å². The van der Waals surface area contributed by atoms with Crippen molar-refractivity contribution in [1.29, 1.82) is 0 Å². The summed E-state index contributed by atoms with van der Waals surface area (Å²) in [6.45, 7) is -0.0922. The molecule has 0 atom stereocenters. The van der Waals surface area contributed by atoms with Crippen molar-refractivity contribution in [3.8, 4) is 17.2 Å². The molecular weight excluding hydrogens is 348 g/mol. The summed E-state index contributed by atoms with van der Waals surface area (Å²) >= 11 is 0. The van der Waals surface area contributed by atoms with Gasteiger partial charge < -0.3 is 14.8 Å². The Morgan fingerprint density at radius 1 is 0.852 bits per heavy atom. The van der Waals surface area contributed by atoms with Gasteiger partial charge in [-0.15, -0.1) is 0 Å². The first-order valence-electron chi connectivity index (χ1n) is 8.10. The highest BCUT2D eigenvalue weighted by molar-refractivity contribution is 5.91. The van der Waals surface area contributed by atoms with Crippen LogP contribution in [0.2, 0.25) is 0 Å². The molecule has 0 aliphatic rings. The molecule has 0 fully saturated rings. The molecule has 0 heterocycles. The monoisotopic (exact) mass is 364 g/mol. The quantitative estimate of drug-likeness (QED) is 0.495. The van der Waals surface area contributed by atoms with E-state index in [0.29, 0.717) is 22.9 Å². The second-order valence-corrected chi connectivity index (χ2v) is 5.53. The number of nitrogens with one attached hydrogen (secondary N) is 1. The maximum atomic E-state index is 11.9. The van der Waals surface area contributed by atoms with Gasteiger partial charge in [-0.1, -0.05) is 18.2 Å². The third-order valence-electron chi connectivity index (χ3n) is 3.53. The third-order valence-corrected chi connectivity index (χ3v) is 3.53. The smallest absolute Gasteiger partial charge is 0.269 e. The molecule has 7 nitrogen and oxygen atoms in total. The fraction of sp³-hybridized carbons (Fsp3) is 0.0500. The van der Waals surface area contributed by atoms with Gasteiger partial charge in [0.15, 0.2) is 6.61 Å². The number of nitro benzene ring substituents is 1. The molecule has 0 bridgehead atoms. The third kappa shape index (κ3) is 5.30. The number of nitro groups is 1. The second kappa shape index (κ2) is 8.48. The van der Waals surface area contributed by atoms with Crippen LogP contribution in [0.15, 0.2) is 78.9 Å². The summed E-state index contributed by atoms with van der Waals surface area (Å²) in [5.41, 5.74) is 0.603. The molecule has 0 spiro atoms. The molecule has 7 heteroatoms. The lowest BCUT2D eigenvalue weighted by Crippen LogP contribution is -2.20. The first-order chi connectivity index (χ1) is 13.1. The van der Waals surface area contributed by atoms with E-state index in [2.05, 4.69) is 5.32 Å². The van der Waals surface area contributed by atoms with Crippen molar-refractivity contribution < 1.29 is 19.2 Å². The van der Waals surface area contributed by atoms with Gasteiger partial charge in [-0.05, 0) is 48.5 Å². The topological polar surface area (TPSA) is 90.7 Å². The van der Waals surface area contributed by atoms with E-state index < -0.39 is 4.92 Å². The first kappa shape index (κ1) is 17.9. The number of amides is 1. The van der Waals surface area contributed by atoms with Crippen LogP contribution in [0, 0.1) is 10.1 Å². The van der Waals surface area contributed by atoms with Crippen molar-refractivity contribution in [3.05, 3.63) is 89.0 Å². The Morgan fingerprint density at radius 2 is 1.44 bits per heavy atom. The number of carbonyl (C=O) groups excluding carboxylic acids is 1. The highest BCUT2D eigenvalue weighted by Gasteiger charge is 2.06. The average molecular weight is 364 g/mol. The molecule has 3 aromatic carbocycles. The molecule has 0 saturated heterocycles. The Bertz CT molecular complexity index is 909. The van der Waals surface area contributed by atoms with Crippen LogP contribution in [-0.4, -0.2) is 17.4 Å². The van der Waals surface area contributed by atoms with E-state index >= 15 is 0 Å². The van der Waals surface area contributed by atoms with Crippen LogP contribution >= 0.6 is 0 Å². The number of para-hydroxylation sites is 1. The maximum absolute atomic E-state index is 11.9. The lowest BCUT2D eigenvalue weighted by Gasteiger charge is -2.09.